The monoisotopic (exact) mass is 444 g/mol. The second-order valence-corrected chi connectivity index (χ2v) is 9.06. The topological polar surface area (TPSA) is 74.4 Å². The van der Waals surface area contributed by atoms with Gasteiger partial charge in [-0.25, -0.2) is 0 Å². The van der Waals surface area contributed by atoms with Crippen LogP contribution in [0.1, 0.15) is 38.7 Å². The zero-order valence-electron chi connectivity index (χ0n) is 19.4. The lowest BCUT2D eigenvalue weighted by atomic mass is 10.1. The average molecular weight is 445 g/mol. The zero-order valence-corrected chi connectivity index (χ0v) is 19.4. The van der Waals surface area contributed by atoms with E-state index in [0.29, 0.717) is 31.1 Å². The second-order valence-electron chi connectivity index (χ2n) is 9.06. The number of rotatable bonds is 7. The van der Waals surface area contributed by atoms with Gasteiger partial charge in [-0.05, 0) is 39.2 Å². The molecule has 4 rings (SSSR count). The maximum absolute atomic E-state index is 12.7. The lowest BCUT2D eigenvalue weighted by Gasteiger charge is -2.35. The van der Waals surface area contributed by atoms with Gasteiger partial charge in [0, 0.05) is 57.3 Å². The van der Waals surface area contributed by atoms with Crippen molar-refractivity contribution in [3.63, 3.8) is 0 Å². The second kappa shape index (κ2) is 10.5. The quantitative estimate of drug-likeness (QED) is 0.693. The van der Waals surface area contributed by atoms with E-state index in [1.54, 1.807) is 0 Å². The lowest BCUT2D eigenvalue weighted by molar-refractivity contribution is -0.134. The molecule has 3 heterocycles. The fourth-order valence-corrected chi connectivity index (χ4v) is 4.74. The Morgan fingerprint density at radius 3 is 2.41 bits per heavy atom. The molecule has 1 atom stereocenters. The molecular formula is C24H36N4O4. The summed E-state index contributed by atoms with van der Waals surface area (Å²) in [6.07, 6.45) is 4.47. The molecule has 8 heteroatoms. The highest BCUT2D eigenvalue weighted by molar-refractivity contribution is 5.94. The van der Waals surface area contributed by atoms with Crippen molar-refractivity contribution in [1.29, 1.82) is 0 Å². The summed E-state index contributed by atoms with van der Waals surface area (Å²) in [6.45, 7) is 10.3. The molecule has 2 fully saturated rings. The van der Waals surface area contributed by atoms with E-state index in [1.165, 1.54) is 6.42 Å². The van der Waals surface area contributed by atoms with E-state index >= 15 is 0 Å². The minimum atomic E-state index is -0.0604. The molecule has 0 aliphatic carbocycles. The van der Waals surface area contributed by atoms with Crippen molar-refractivity contribution in [2.45, 2.75) is 45.6 Å². The molecule has 1 aromatic carbocycles. The highest BCUT2D eigenvalue weighted by atomic mass is 16.5. The van der Waals surface area contributed by atoms with E-state index in [4.69, 9.17) is 9.47 Å². The molecule has 3 aliphatic heterocycles. The summed E-state index contributed by atoms with van der Waals surface area (Å²) in [5, 5.41) is 3.01. The molecule has 1 unspecified atom stereocenters. The molecule has 1 aromatic rings. The molecule has 3 aliphatic rings. The van der Waals surface area contributed by atoms with Crippen molar-refractivity contribution in [2.24, 2.45) is 0 Å². The van der Waals surface area contributed by atoms with Crippen molar-refractivity contribution in [1.82, 2.24) is 14.7 Å². The highest BCUT2D eigenvalue weighted by Gasteiger charge is 2.25. The number of carbonyl (C=O) groups excluding carboxylic acids is 2. The Labute approximate surface area is 190 Å². The van der Waals surface area contributed by atoms with Gasteiger partial charge in [-0.15, -0.1) is 0 Å². The number of piperidine rings is 1. The SMILES string of the molecule is CCOc1cc2c(cc1NC(=O)CN1CCN(CC(=O)N3CCCCC3)CC1)OC(C)C2. The largest absolute Gasteiger partial charge is 0.492 e. The van der Waals surface area contributed by atoms with E-state index in [2.05, 4.69) is 15.1 Å². The number of anilines is 1. The number of carbonyl (C=O) groups is 2. The molecule has 0 saturated carbocycles. The number of benzene rings is 1. The zero-order chi connectivity index (χ0) is 22.5. The van der Waals surface area contributed by atoms with Gasteiger partial charge in [0.25, 0.3) is 0 Å². The lowest BCUT2D eigenvalue weighted by Crippen LogP contribution is -2.51. The van der Waals surface area contributed by atoms with Gasteiger partial charge in [0.15, 0.2) is 0 Å². The third-order valence-corrected chi connectivity index (χ3v) is 6.47. The van der Waals surface area contributed by atoms with Gasteiger partial charge in [-0.3, -0.25) is 19.4 Å². The summed E-state index contributed by atoms with van der Waals surface area (Å²) in [5.41, 5.74) is 1.78. The van der Waals surface area contributed by atoms with E-state index in [1.807, 2.05) is 30.9 Å². The first kappa shape index (κ1) is 22.9. The van der Waals surface area contributed by atoms with Crippen LogP contribution >= 0.6 is 0 Å². The molecule has 2 amide bonds. The first-order valence-electron chi connectivity index (χ1n) is 12.0. The Morgan fingerprint density at radius 1 is 1.03 bits per heavy atom. The van der Waals surface area contributed by atoms with Gasteiger partial charge in [0.05, 0.1) is 25.4 Å². The predicted molar refractivity (Wildman–Crippen MR) is 123 cm³/mol. The molecule has 176 valence electrons. The molecule has 32 heavy (non-hydrogen) atoms. The number of likely N-dealkylation sites (tertiary alicyclic amines) is 1. The Morgan fingerprint density at radius 2 is 1.72 bits per heavy atom. The number of nitrogens with one attached hydrogen (secondary N) is 1. The van der Waals surface area contributed by atoms with Crippen molar-refractivity contribution < 1.29 is 19.1 Å². The predicted octanol–water partition coefficient (Wildman–Crippen LogP) is 1.98. The summed E-state index contributed by atoms with van der Waals surface area (Å²) in [5.74, 6) is 1.70. The smallest absolute Gasteiger partial charge is 0.238 e. The Balaban J connectivity index is 1.26. The summed E-state index contributed by atoms with van der Waals surface area (Å²) in [4.78, 5) is 31.6. The molecular weight excluding hydrogens is 408 g/mol. The van der Waals surface area contributed by atoms with Gasteiger partial charge < -0.3 is 19.7 Å². The number of hydrogen-bond donors (Lipinski definition) is 1. The molecule has 0 spiro atoms. The van der Waals surface area contributed by atoms with Gasteiger partial charge in [0.1, 0.15) is 17.6 Å². The normalized spacial score (nSPS) is 21.7. The van der Waals surface area contributed by atoms with Crippen LogP contribution in [0.2, 0.25) is 0 Å². The van der Waals surface area contributed by atoms with Crippen LogP contribution in [0.3, 0.4) is 0 Å². The standard InChI is InChI=1S/C24H36N4O4/c1-3-31-22-14-19-13-18(2)32-21(19)15-20(22)25-23(29)16-26-9-11-27(12-10-26)17-24(30)28-7-5-4-6-8-28/h14-15,18H,3-13,16-17H2,1-2H3,(H,25,29). The van der Waals surface area contributed by atoms with Gasteiger partial charge in [0.2, 0.25) is 11.8 Å². The summed E-state index contributed by atoms with van der Waals surface area (Å²) >= 11 is 0. The molecule has 2 saturated heterocycles. The third kappa shape index (κ3) is 5.72. The molecule has 0 radical (unpaired) electrons. The maximum Gasteiger partial charge on any atom is 0.238 e. The van der Waals surface area contributed by atoms with Crippen LogP contribution in [0.5, 0.6) is 11.5 Å². The van der Waals surface area contributed by atoms with Crippen LogP contribution in [0.4, 0.5) is 5.69 Å². The molecule has 8 nitrogen and oxygen atoms in total. The van der Waals surface area contributed by atoms with Gasteiger partial charge in [-0.2, -0.15) is 0 Å². The van der Waals surface area contributed by atoms with E-state index < -0.39 is 0 Å². The van der Waals surface area contributed by atoms with E-state index in [-0.39, 0.29) is 17.9 Å². The molecule has 1 N–H and O–H groups in total. The number of fused-ring (bicyclic) bond motifs is 1. The van der Waals surface area contributed by atoms with E-state index in [0.717, 1.165) is 69.8 Å². The fraction of sp³-hybridized carbons (Fsp3) is 0.667. The summed E-state index contributed by atoms with van der Waals surface area (Å²) in [6, 6.07) is 3.86. The van der Waals surface area contributed by atoms with Crippen LogP contribution in [0, 0.1) is 0 Å². The van der Waals surface area contributed by atoms with Gasteiger partial charge >= 0.3 is 0 Å². The maximum atomic E-state index is 12.7. The first-order chi connectivity index (χ1) is 15.5. The Hall–Kier alpha value is -2.32. The minimum Gasteiger partial charge on any atom is -0.492 e. The van der Waals surface area contributed by atoms with Crippen LogP contribution in [-0.4, -0.2) is 91.6 Å². The first-order valence-corrected chi connectivity index (χ1v) is 12.0. The summed E-state index contributed by atoms with van der Waals surface area (Å²) in [7, 11) is 0. The Bertz CT molecular complexity index is 816. The van der Waals surface area contributed by atoms with Crippen molar-refractivity contribution in [3.8, 4) is 11.5 Å². The minimum absolute atomic E-state index is 0.0604. The number of piperazine rings is 1. The number of hydrogen-bond acceptors (Lipinski definition) is 6. The van der Waals surface area contributed by atoms with Crippen LogP contribution in [-0.2, 0) is 16.0 Å². The fourth-order valence-electron chi connectivity index (χ4n) is 4.74. The third-order valence-electron chi connectivity index (χ3n) is 6.47. The van der Waals surface area contributed by atoms with Crippen molar-refractivity contribution in [2.75, 3.05) is 64.3 Å². The molecule has 0 aromatic heterocycles. The number of ether oxygens (including phenoxy) is 2. The van der Waals surface area contributed by atoms with E-state index in [9.17, 15) is 9.59 Å². The van der Waals surface area contributed by atoms with Crippen LogP contribution in [0.25, 0.3) is 0 Å². The average Bonchev–Trinajstić information content (AvgIpc) is 3.15. The van der Waals surface area contributed by atoms with Crippen LogP contribution in [0.15, 0.2) is 12.1 Å². The van der Waals surface area contributed by atoms with Crippen molar-refractivity contribution in [3.05, 3.63) is 17.7 Å². The number of nitrogens with zero attached hydrogens (tertiary/aromatic N) is 3. The molecule has 0 bridgehead atoms. The highest BCUT2D eigenvalue weighted by Crippen LogP contribution is 2.38. The van der Waals surface area contributed by atoms with Crippen LogP contribution < -0.4 is 14.8 Å². The van der Waals surface area contributed by atoms with Crippen molar-refractivity contribution >= 4 is 17.5 Å². The van der Waals surface area contributed by atoms with Gasteiger partial charge in [-0.1, -0.05) is 0 Å². The Kier molecular flexibility index (Phi) is 7.52. The number of amides is 2. The summed E-state index contributed by atoms with van der Waals surface area (Å²) < 4.78 is 11.6.